The Morgan fingerprint density at radius 1 is 1.53 bits per heavy atom. The minimum Gasteiger partial charge on any atom is -0.465 e. The van der Waals surface area contributed by atoms with Crippen LogP contribution in [0.15, 0.2) is 18.2 Å². The summed E-state index contributed by atoms with van der Waals surface area (Å²) in [7, 11) is 1.42. The summed E-state index contributed by atoms with van der Waals surface area (Å²) in [5, 5.41) is 3.37. The molecule has 0 aliphatic carbocycles. The molecule has 15 heavy (non-hydrogen) atoms. The number of nitrogens with one attached hydrogen (secondary N) is 1. The zero-order valence-electron chi connectivity index (χ0n) is 9.04. The number of fused-ring (bicyclic) bond motifs is 1. The third kappa shape index (κ3) is 1.88. The standard InChI is InChI=1S/C12H15NO2/c1-8-6-11-9(7-13-8)4-3-5-10(11)12(14)15-2/h3-5,8,13H,6-7H2,1-2H3. The number of ether oxygens (including phenoxy) is 1. The molecule has 1 aliphatic rings. The predicted octanol–water partition coefficient (Wildman–Crippen LogP) is 1.51. The van der Waals surface area contributed by atoms with E-state index in [1.165, 1.54) is 12.7 Å². The third-order valence-electron chi connectivity index (χ3n) is 2.83. The molecule has 1 heterocycles. The molecular formula is C12H15NO2. The third-order valence-corrected chi connectivity index (χ3v) is 2.83. The molecule has 2 rings (SSSR count). The van der Waals surface area contributed by atoms with Gasteiger partial charge in [0.1, 0.15) is 0 Å². The Hall–Kier alpha value is -1.35. The van der Waals surface area contributed by atoms with Crippen LogP contribution in [0.5, 0.6) is 0 Å². The van der Waals surface area contributed by atoms with Crippen molar-refractivity contribution in [3.05, 3.63) is 34.9 Å². The van der Waals surface area contributed by atoms with E-state index >= 15 is 0 Å². The van der Waals surface area contributed by atoms with E-state index in [0.29, 0.717) is 11.6 Å². The minimum atomic E-state index is -0.235. The molecular weight excluding hydrogens is 190 g/mol. The summed E-state index contributed by atoms with van der Waals surface area (Å²) in [4.78, 5) is 11.5. The van der Waals surface area contributed by atoms with Crippen LogP contribution in [0, 0.1) is 0 Å². The van der Waals surface area contributed by atoms with E-state index < -0.39 is 0 Å². The quantitative estimate of drug-likeness (QED) is 0.706. The average molecular weight is 205 g/mol. The van der Waals surface area contributed by atoms with Crippen LogP contribution in [0.2, 0.25) is 0 Å². The highest BCUT2D eigenvalue weighted by atomic mass is 16.5. The zero-order valence-corrected chi connectivity index (χ0v) is 9.04. The fourth-order valence-electron chi connectivity index (χ4n) is 2.01. The second kappa shape index (κ2) is 4.03. The number of benzene rings is 1. The SMILES string of the molecule is COC(=O)c1cccc2c1CC(C)NC2. The van der Waals surface area contributed by atoms with E-state index in [1.807, 2.05) is 12.1 Å². The summed E-state index contributed by atoms with van der Waals surface area (Å²) < 4.78 is 4.78. The first-order chi connectivity index (χ1) is 7.22. The minimum absolute atomic E-state index is 0.235. The summed E-state index contributed by atoms with van der Waals surface area (Å²) in [6.45, 7) is 2.96. The van der Waals surface area contributed by atoms with E-state index in [0.717, 1.165) is 18.5 Å². The summed E-state index contributed by atoms with van der Waals surface area (Å²) in [6.07, 6.45) is 0.889. The summed E-state index contributed by atoms with van der Waals surface area (Å²) in [5.74, 6) is -0.235. The molecule has 1 aromatic carbocycles. The molecule has 0 saturated carbocycles. The van der Waals surface area contributed by atoms with Crippen LogP contribution in [-0.4, -0.2) is 19.1 Å². The molecule has 0 radical (unpaired) electrons. The van der Waals surface area contributed by atoms with Gasteiger partial charge in [0.25, 0.3) is 0 Å². The van der Waals surface area contributed by atoms with Gasteiger partial charge >= 0.3 is 5.97 Å². The van der Waals surface area contributed by atoms with Crippen LogP contribution in [-0.2, 0) is 17.7 Å². The number of methoxy groups -OCH3 is 1. The Labute approximate surface area is 89.4 Å². The second-order valence-electron chi connectivity index (χ2n) is 3.92. The molecule has 0 saturated heterocycles. The predicted molar refractivity (Wildman–Crippen MR) is 57.8 cm³/mol. The number of carbonyl (C=O) groups is 1. The van der Waals surface area contributed by atoms with Gasteiger partial charge in [-0.15, -0.1) is 0 Å². The van der Waals surface area contributed by atoms with E-state index in [-0.39, 0.29) is 5.97 Å². The monoisotopic (exact) mass is 205 g/mol. The topological polar surface area (TPSA) is 38.3 Å². The van der Waals surface area contributed by atoms with E-state index in [2.05, 4.69) is 18.3 Å². The first-order valence-electron chi connectivity index (χ1n) is 5.15. The lowest BCUT2D eigenvalue weighted by Crippen LogP contribution is -2.33. The summed E-state index contributed by atoms with van der Waals surface area (Å²) in [5.41, 5.74) is 3.05. The zero-order chi connectivity index (χ0) is 10.8. The average Bonchev–Trinajstić information content (AvgIpc) is 2.27. The molecule has 1 aliphatic heterocycles. The molecule has 1 atom stereocenters. The maximum Gasteiger partial charge on any atom is 0.338 e. The number of esters is 1. The van der Waals surface area contributed by atoms with Gasteiger partial charge in [0.15, 0.2) is 0 Å². The Bertz CT molecular complexity index is 387. The second-order valence-corrected chi connectivity index (χ2v) is 3.92. The molecule has 0 spiro atoms. The fourth-order valence-corrected chi connectivity index (χ4v) is 2.01. The van der Waals surface area contributed by atoms with Crippen molar-refractivity contribution >= 4 is 5.97 Å². The molecule has 0 fully saturated rings. The summed E-state index contributed by atoms with van der Waals surface area (Å²) >= 11 is 0. The molecule has 0 bridgehead atoms. The molecule has 3 nitrogen and oxygen atoms in total. The molecule has 1 aromatic rings. The molecule has 0 aromatic heterocycles. The lowest BCUT2D eigenvalue weighted by Gasteiger charge is -2.24. The van der Waals surface area contributed by atoms with Gasteiger partial charge in [0, 0.05) is 12.6 Å². The number of rotatable bonds is 1. The maximum atomic E-state index is 11.5. The van der Waals surface area contributed by atoms with Crippen LogP contribution in [0.3, 0.4) is 0 Å². The van der Waals surface area contributed by atoms with Gasteiger partial charge in [-0.05, 0) is 30.5 Å². The van der Waals surface area contributed by atoms with Crippen LogP contribution in [0.4, 0.5) is 0 Å². The van der Waals surface area contributed by atoms with Crippen LogP contribution in [0.1, 0.15) is 28.4 Å². The van der Waals surface area contributed by atoms with Gasteiger partial charge in [-0.3, -0.25) is 0 Å². The number of carbonyl (C=O) groups excluding carboxylic acids is 1. The van der Waals surface area contributed by atoms with Crippen molar-refractivity contribution in [3.63, 3.8) is 0 Å². The highest BCUT2D eigenvalue weighted by molar-refractivity contribution is 5.91. The molecule has 3 heteroatoms. The van der Waals surface area contributed by atoms with Crippen molar-refractivity contribution in [1.29, 1.82) is 0 Å². The first kappa shape index (κ1) is 10.2. The first-order valence-corrected chi connectivity index (χ1v) is 5.15. The smallest absolute Gasteiger partial charge is 0.338 e. The van der Waals surface area contributed by atoms with Crippen molar-refractivity contribution < 1.29 is 9.53 Å². The van der Waals surface area contributed by atoms with Gasteiger partial charge in [-0.2, -0.15) is 0 Å². The van der Waals surface area contributed by atoms with Crippen LogP contribution >= 0.6 is 0 Å². The van der Waals surface area contributed by atoms with Crippen LogP contribution < -0.4 is 5.32 Å². The Kier molecular flexibility index (Phi) is 2.73. The fraction of sp³-hybridized carbons (Fsp3) is 0.417. The van der Waals surface area contributed by atoms with Crippen molar-refractivity contribution in [2.75, 3.05) is 7.11 Å². The van der Waals surface area contributed by atoms with Crippen molar-refractivity contribution in [2.45, 2.75) is 25.9 Å². The van der Waals surface area contributed by atoms with Crippen molar-refractivity contribution in [2.24, 2.45) is 0 Å². The molecule has 1 N–H and O–H groups in total. The maximum absolute atomic E-state index is 11.5. The Morgan fingerprint density at radius 3 is 3.07 bits per heavy atom. The summed E-state index contributed by atoms with van der Waals surface area (Å²) in [6, 6.07) is 6.22. The van der Waals surface area contributed by atoms with Gasteiger partial charge in [0.05, 0.1) is 12.7 Å². The Morgan fingerprint density at radius 2 is 2.33 bits per heavy atom. The molecule has 0 amide bonds. The normalized spacial score (nSPS) is 19.5. The molecule has 1 unspecified atom stereocenters. The van der Waals surface area contributed by atoms with Gasteiger partial charge < -0.3 is 10.1 Å². The highest BCUT2D eigenvalue weighted by Gasteiger charge is 2.20. The Balaban J connectivity index is 2.44. The van der Waals surface area contributed by atoms with E-state index in [4.69, 9.17) is 4.74 Å². The number of hydrogen-bond acceptors (Lipinski definition) is 3. The largest absolute Gasteiger partial charge is 0.465 e. The van der Waals surface area contributed by atoms with E-state index in [1.54, 1.807) is 0 Å². The van der Waals surface area contributed by atoms with Crippen LogP contribution in [0.25, 0.3) is 0 Å². The van der Waals surface area contributed by atoms with E-state index in [9.17, 15) is 4.79 Å². The van der Waals surface area contributed by atoms with Gasteiger partial charge in [-0.1, -0.05) is 12.1 Å². The highest BCUT2D eigenvalue weighted by Crippen LogP contribution is 2.21. The van der Waals surface area contributed by atoms with Crippen molar-refractivity contribution in [1.82, 2.24) is 5.32 Å². The lowest BCUT2D eigenvalue weighted by molar-refractivity contribution is 0.0599. The van der Waals surface area contributed by atoms with Crippen molar-refractivity contribution in [3.8, 4) is 0 Å². The lowest BCUT2D eigenvalue weighted by atomic mass is 9.92. The van der Waals surface area contributed by atoms with Gasteiger partial charge in [-0.25, -0.2) is 4.79 Å². The van der Waals surface area contributed by atoms with Gasteiger partial charge in [0.2, 0.25) is 0 Å². The number of hydrogen-bond donors (Lipinski definition) is 1. The molecule has 80 valence electrons.